The van der Waals surface area contributed by atoms with Crippen molar-refractivity contribution >= 4 is 22.1 Å². The molecule has 0 saturated carbocycles. The first kappa shape index (κ1) is 17.4. The number of benzene rings is 1. The molecule has 0 bridgehead atoms. The topological polar surface area (TPSA) is 86.0 Å². The number of hydrogen-bond acceptors (Lipinski definition) is 6. The van der Waals surface area contributed by atoms with Crippen molar-refractivity contribution < 1.29 is 27.1 Å². The summed E-state index contributed by atoms with van der Waals surface area (Å²) >= 11 is 0. The zero-order chi connectivity index (χ0) is 17.7. The summed E-state index contributed by atoms with van der Waals surface area (Å²) < 4.78 is 41.7. The lowest BCUT2D eigenvalue weighted by Gasteiger charge is -2.26. The van der Waals surface area contributed by atoms with Gasteiger partial charge in [-0.25, -0.2) is 13.2 Å². The van der Waals surface area contributed by atoms with Crippen molar-refractivity contribution in [1.82, 2.24) is 4.31 Å². The zero-order valence-electron chi connectivity index (χ0n) is 13.3. The predicted octanol–water partition coefficient (Wildman–Crippen LogP) is 1.92. The number of carbonyl (C=O) groups excluding carboxylic acids is 1. The van der Waals surface area contributed by atoms with Crippen LogP contribution in [0.4, 0.5) is 0 Å². The molecule has 0 radical (unpaired) electrons. The Morgan fingerprint density at radius 1 is 1.12 bits per heavy atom. The fourth-order valence-electron chi connectivity index (χ4n) is 2.30. The Balaban J connectivity index is 1.64. The van der Waals surface area contributed by atoms with Gasteiger partial charge in [0.1, 0.15) is 11.5 Å². The zero-order valence-corrected chi connectivity index (χ0v) is 14.1. The number of sulfonamides is 1. The molecule has 25 heavy (non-hydrogen) atoms. The van der Waals surface area contributed by atoms with E-state index in [9.17, 15) is 13.2 Å². The van der Waals surface area contributed by atoms with Crippen LogP contribution in [-0.2, 0) is 19.6 Å². The molecule has 8 heteroatoms. The largest absolute Gasteiger partial charge is 0.465 e. The molecular formula is C17H17NO6S. The number of morpholine rings is 1. The molecule has 0 N–H and O–H groups in total. The van der Waals surface area contributed by atoms with Gasteiger partial charge in [-0.15, -0.1) is 0 Å². The Labute approximate surface area is 145 Å². The number of furan rings is 1. The van der Waals surface area contributed by atoms with Crippen LogP contribution < -0.4 is 4.74 Å². The van der Waals surface area contributed by atoms with Crippen LogP contribution in [0.3, 0.4) is 0 Å². The quantitative estimate of drug-likeness (QED) is 0.458. The van der Waals surface area contributed by atoms with Crippen LogP contribution in [0, 0.1) is 0 Å². The third kappa shape index (κ3) is 4.36. The molecule has 0 atom stereocenters. The first-order chi connectivity index (χ1) is 12.1. The van der Waals surface area contributed by atoms with Crippen LogP contribution in [0.15, 0.2) is 58.1 Å². The molecule has 2 heterocycles. The van der Waals surface area contributed by atoms with Gasteiger partial charge >= 0.3 is 5.97 Å². The fraction of sp³-hybridized carbons (Fsp3) is 0.235. The van der Waals surface area contributed by atoms with Crippen molar-refractivity contribution in [3.63, 3.8) is 0 Å². The smallest absolute Gasteiger partial charge is 0.336 e. The van der Waals surface area contributed by atoms with Gasteiger partial charge in [-0.1, -0.05) is 0 Å². The molecule has 1 aromatic carbocycles. The van der Waals surface area contributed by atoms with Crippen molar-refractivity contribution in [3.05, 3.63) is 54.5 Å². The van der Waals surface area contributed by atoms with E-state index < -0.39 is 16.0 Å². The SMILES string of the molecule is O=C(/C=C/c1ccco1)Oc1ccc(S(=O)(=O)N2CCOCC2)cc1. The average molecular weight is 363 g/mol. The fourth-order valence-corrected chi connectivity index (χ4v) is 3.71. The normalized spacial score (nSPS) is 16.2. The summed E-state index contributed by atoms with van der Waals surface area (Å²) in [7, 11) is -3.56. The molecule has 3 rings (SSSR count). The van der Waals surface area contributed by atoms with Gasteiger partial charge in [0.2, 0.25) is 10.0 Å². The maximum absolute atomic E-state index is 12.5. The van der Waals surface area contributed by atoms with Gasteiger partial charge in [-0.05, 0) is 42.5 Å². The highest BCUT2D eigenvalue weighted by Gasteiger charge is 2.26. The molecule has 132 valence electrons. The van der Waals surface area contributed by atoms with Crippen LogP contribution in [0.5, 0.6) is 5.75 Å². The molecule has 1 saturated heterocycles. The summed E-state index contributed by atoms with van der Waals surface area (Å²) in [5, 5.41) is 0. The van der Waals surface area contributed by atoms with Gasteiger partial charge in [0.05, 0.1) is 24.4 Å². The van der Waals surface area contributed by atoms with Gasteiger partial charge < -0.3 is 13.9 Å². The van der Waals surface area contributed by atoms with E-state index in [0.717, 1.165) is 0 Å². The standard InChI is InChI=1S/C17H17NO6S/c19-17(8-5-14-2-1-11-23-14)24-15-3-6-16(7-4-15)25(20,21)18-9-12-22-13-10-18/h1-8,11H,9-10,12-13H2/b8-5+. The van der Waals surface area contributed by atoms with Crippen molar-refractivity contribution in [1.29, 1.82) is 0 Å². The van der Waals surface area contributed by atoms with Crippen LogP contribution in [0.1, 0.15) is 5.76 Å². The van der Waals surface area contributed by atoms with Crippen LogP contribution in [-0.4, -0.2) is 45.0 Å². The van der Waals surface area contributed by atoms with E-state index in [0.29, 0.717) is 32.1 Å². The van der Waals surface area contributed by atoms with Gasteiger partial charge in [0, 0.05) is 19.2 Å². The van der Waals surface area contributed by atoms with Crippen molar-refractivity contribution in [2.75, 3.05) is 26.3 Å². The lowest BCUT2D eigenvalue weighted by molar-refractivity contribution is -0.128. The first-order valence-electron chi connectivity index (χ1n) is 7.67. The lowest BCUT2D eigenvalue weighted by Crippen LogP contribution is -2.40. The van der Waals surface area contributed by atoms with E-state index in [2.05, 4.69) is 0 Å². The van der Waals surface area contributed by atoms with E-state index in [-0.39, 0.29) is 10.6 Å². The number of carbonyl (C=O) groups is 1. The number of rotatable bonds is 5. The number of esters is 1. The van der Waals surface area contributed by atoms with Crippen molar-refractivity contribution in [3.8, 4) is 5.75 Å². The van der Waals surface area contributed by atoms with Gasteiger partial charge in [0.25, 0.3) is 0 Å². The Kier molecular flexibility index (Phi) is 5.32. The molecule has 0 aliphatic carbocycles. The number of nitrogens with zero attached hydrogens (tertiary/aromatic N) is 1. The molecule has 7 nitrogen and oxygen atoms in total. The Hall–Kier alpha value is -2.42. The van der Waals surface area contributed by atoms with Gasteiger partial charge in [-0.2, -0.15) is 4.31 Å². The Morgan fingerprint density at radius 2 is 1.84 bits per heavy atom. The molecule has 0 unspecified atom stereocenters. The molecule has 1 aromatic heterocycles. The number of ether oxygens (including phenoxy) is 2. The molecule has 1 aliphatic rings. The summed E-state index contributed by atoms with van der Waals surface area (Å²) in [6.45, 7) is 1.43. The maximum Gasteiger partial charge on any atom is 0.336 e. The molecule has 1 aliphatic heterocycles. The van der Waals surface area contributed by atoms with E-state index in [4.69, 9.17) is 13.9 Å². The van der Waals surface area contributed by atoms with Crippen LogP contribution in [0.25, 0.3) is 6.08 Å². The first-order valence-corrected chi connectivity index (χ1v) is 9.11. The van der Waals surface area contributed by atoms with Crippen LogP contribution in [0.2, 0.25) is 0 Å². The second-order valence-electron chi connectivity index (χ2n) is 5.26. The third-order valence-electron chi connectivity index (χ3n) is 3.58. The summed E-state index contributed by atoms with van der Waals surface area (Å²) in [4.78, 5) is 11.9. The highest BCUT2D eigenvalue weighted by atomic mass is 32.2. The second kappa shape index (κ2) is 7.64. The van der Waals surface area contributed by atoms with E-state index >= 15 is 0 Å². The van der Waals surface area contributed by atoms with Crippen LogP contribution >= 0.6 is 0 Å². The monoisotopic (exact) mass is 363 g/mol. The third-order valence-corrected chi connectivity index (χ3v) is 5.49. The molecule has 1 fully saturated rings. The summed E-state index contributed by atoms with van der Waals surface area (Å²) in [6.07, 6.45) is 4.22. The highest BCUT2D eigenvalue weighted by Crippen LogP contribution is 2.20. The van der Waals surface area contributed by atoms with E-state index in [1.807, 2.05) is 0 Å². The predicted molar refractivity (Wildman–Crippen MR) is 89.4 cm³/mol. The van der Waals surface area contributed by atoms with Gasteiger partial charge in [0.15, 0.2) is 0 Å². The minimum Gasteiger partial charge on any atom is -0.465 e. The summed E-state index contributed by atoms with van der Waals surface area (Å²) in [5.41, 5.74) is 0. The highest BCUT2D eigenvalue weighted by molar-refractivity contribution is 7.89. The molecule has 0 spiro atoms. The van der Waals surface area contributed by atoms with Crippen molar-refractivity contribution in [2.24, 2.45) is 0 Å². The van der Waals surface area contributed by atoms with E-state index in [1.165, 1.54) is 47.0 Å². The lowest BCUT2D eigenvalue weighted by atomic mass is 10.3. The summed E-state index contributed by atoms with van der Waals surface area (Å²) in [6, 6.07) is 9.15. The Morgan fingerprint density at radius 3 is 2.48 bits per heavy atom. The minimum absolute atomic E-state index is 0.153. The maximum atomic E-state index is 12.5. The molecule has 2 aromatic rings. The number of hydrogen-bond donors (Lipinski definition) is 0. The molecular weight excluding hydrogens is 346 g/mol. The second-order valence-corrected chi connectivity index (χ2v) is 7.20. The van der Waals surface area contributed by atoms with E-state index in [1.54, 1.807) is 12.1 Å². The molecule has 0 amide bonds. The average Bonchev–Trinajstić information content (AvgIpc) is 3.15. The van der Waals surface area contributed by atoms with Gasteiger partial charge in [-0.3, -0.25) is 0 Å². The Bertz CT molecular complexity index is 834. The minimum atomic E-state index is -3.56. The summed E-state index contributed by atoms with van der Waals surface area (Å²) in [5.74, 6) is 0.208. The van der Waals surface area contributed by atoms with Crippen molar-refractivity contribution in [2.45, 2.75) is 4.90 Å².